The molecular weight excluding hydrogens is 690 g/mol. The molecule has 8 rings (SSSR count). The van der Waals surface area contributed by atoms with Gasteiger partial charge in [-0.3, -0.25) is 14.4 Å². The average Bonchev–Trinajstić information content (AvgIpc) is 3.53. The highest BCUT2D eigenvalue weighted by molar-refractivity contribution is 7.99. The van der Waals surface area contributed by atoms with Crippen LogP contribution in [0.4, 0.5) is 5.69 Å². The summed E-state index contributed by atoms with van der Waals surface area (Å²) in [7, 11) is -1.02. The van der Waals surface area contributed by atoms with E-state index < -0.39 is 15.3 Å². The van der Waals surface area contributed by atoms with E-state index in [1.165, 1.54) is 43.4 Å². The highest BCUT2D eigenvalue weighted by Crippen LogP contribution is 2.50. The average molecular weight is 748 g/mol. The molecule has 0 radical (unpaired) electrons. The van der Waals surface area contributed by atoms with Gasteiger partial charge in [0, 0.05) is 54.5 Å². The number of ether oxygens (including phenoxy) is 2. The van der Waals surface area contributed by atoms with Crippen molar-refractivity contribution in [1.29, 1.82) is 0 Å². The predicted octanol–water partition coefficient (Wildman–Crippen LogP) is 7.69. The predicted molar refractivity (Wildman–Crippen MR) is 213 cm³/mol. The molecule has 0 aromatic heterocycles. The standard InChI is InChI=1S/C43H58ClN3O4S/c1-29-8-6-20-43(50-3,27-46-21-18-31-9-5-10-34(31)24-46)38-15-12-35(38)25-47-26-42(19-7-11-32-22-36(44)14-16-37(32)42)28-51-40-17-13-33(23-39(40)47)41(48)45-52(4,49)30(29)2/h6,13-14,16-17,20,22-23,29-31,34-35,38H,4-5,7-12,15,18-19,21,24-28H2,1-3H3,(H,45,48,49)/b20-6+/t29-,30+,31?,34-,35-,38+,42-,43-,52?/m0/s1. The minimum Gasteiger partial charge on any atom is -0.490 e. The van der Waals surface area contributed by atoms with Crippen molar-refractivity contribution < 1.29 is 18.5 Å². The van der Waals surface area contributed by atoms with Crippen molar-refractivity contribution in [3.05, 3.63) is 70.3 Å². The first-order valence-electron chi connectivity index (χ1n) is 19.9. The number of carbonyl (C=O) groups is 1. The van der Waals surface area contributed by atoms with E-state index in [2.05, 4.69) is 51.6 Å². The van der Waals surface area contributed by atoms with Crippen LogP contribution >= 0.6 is 11.6 Å². The van der Waals surface area contributed by atoms with E-state index in [9.17, 15) is 9.00 Å². The van der Waals surface area contributed by atoms with E-state index in [0.29, 0.717) is 24.0 Å². The monoisotopic (exact) mass is 747 g/mol. The molecule has 2 bridgehead atoms. The number of piperidine rings is 1. The van der Waals surface area contributed by atoms with Crippen LogP contribution in [-0.4, -0.2) is 78.2 Å². The van der Waals surface area contributed by atoms with Gasteiger partial charge in [-0.1, -0.05) is 49.6 Å². The number of hydrogen-bond acceptors (Lipinski definition) is 6. The number of nitrogens with one attached hydrogen (secondary N) is 1. The maximum Gasteiger partial charge on any atom is 0.262 e. The van der Waals surface area contributed by atoms with Gasteiger partial charge in [-0.05, 0) is 142 Å². The van der Waals surface area contributed by atoms with Crippen LogP contribution in [0.3, 0.4) is 0 Å². The third-order valence-electron chi connectivity index (χ3n) is 14.4. The van der Waals surface area contributed by atoms with Gasteiger partial charge >= 0.3 is 0 Å². The molecule has 7 nitrogen and oxygen atoms in total. The lowest BCUT2D eigenvalue weighted by atomic mass is 9.63. The zero-order chi connectivity index (χ0) is 36.3. The third-order valence-corrected chi connectivity index (χ3v) is 16.8. The van der Waals surface area contributed by atoms with Crippen LogP contribution in [0.25, 0.3) is 0 Å². The lowest BCUT2D eigenvalue weighted by Crippen LogP contribution is -2.58. The number of methoxy groups -OCH3 is 1. The Labute approximate surface area is 317 Å². The number of amides is 1. The number of anilines is 1. The number of likely N-dealkylation sites (tertiary alicyclic amines) is 1. The molecule has 2 aromatic rings. The molecule has 1 amide bonds. The first kappa shape index (κ1) is 36.5. The second-order valence-electron chi connectivity index (χ2n) is 17.3. The van der Waals surface area contributed by atoms with Crippen LogP contribution in [0.2, 0.25) is 5.02 Å². The van der Waals surface area contributed by atoms with E-state index in [-0.39, 0.29) is 22.5 Å². The molecule has 3 aliphatic heterocycles. The summed E-state index contributed by atoms with van der Waals surface area (Å²) in [6.45, 7) is 9.48. The number of benzene rings is 2. The first-order valence-corrected chi connectivity index (χ1v) is 22.1. The smallest absolute Gasteiger partial charge is 0.262 e. The van der Waals surface area contributed by atoms with Crippen LogP contribution < -0.4 is 14.4 Å². The summed E-state index contributed by atoms with van der Waals surface area (Å²) in [6, 6.07) is 12.1. The molecule has 3 fully saturated rings. The van der Waals surface area contributed by atoms with Crippen LogP contribution in [0.1, 0.15) is 93.1 Å². The fraction of sp³-hybridized carbons (Fsp3) is 0.628. The van der Waals surface area contributed by atoms with Crippen molar-refractivity contribution >= 4 is 38.8 Å². The Bertz CT molecular complexity index is 1810. The number of halogens is 1. The molecule has 2 aromatic carbocycles. The Morgan fingerprint density at radius 1 is 1.04 bits per heavy atom. The quantitative estimate of drug-likeness (QED) is 0.257. The number of nitrogens with zero attached hydrogens (tertiary/aromatic N) is 2. The zero-order valence-electron chi connectivity index (χ0n) is 31.4. The molecule has 3 aliphatic carbocycles. The lowest BCUT2D eigenvalue weighted by molar-refractivity contribution is -0.0968. The van der Waals surface area contributed by atoms with E-state index in [1.54, 1.807) is 0 Å². The van der Waals surface area contributed by atoms with Gasteiger partial charge in [0.2, 0.25) is 0 Å². The molecule has 2 saturated carbocycles. The summed E-state index contributed by atoms with van der Waals surface area (Å²) < 4.78 is 30.5. The number of aryl methyl sites for hydroxylation is 1. The highest BCUT2D eigenvalue weighted by Gasteiger charge is 2.50. The Morgan fingerprint density at radius 2 is 1.88 bits per heavy atom. The molecule has 2 unspecified atom stereocenters. The van der Waals surface area contributed by atoms with Gasteiger partial charge in [-0.2, -0.15) is 0 Å². The number of hydrogen-bond donors (Lipinski definition) is 1. The fourth-order valence-corrected chi connectivity index (χ4v) is 12.6. The topological polar surface area (TPSA) is 71.1 Å². The second-order valence-corrected chi connectivity index (χ2v) is 20.2. The van der Waals surface area contributed by atoms with Crippen molar-refractivity contribution in [2.75, 3.05) is 51.3 Å². The van der Waals surface area contributed by atoms with Crippen LogP contribution in [-0.2, 0) is 26.3 Å². The second kappa shape index (κ2) is 14.3. The molecule has 1 N–H and O–H groups in total. The van der Waals surface area contributed by atoms with Crippen molar-refractivity contribution in [1.82, 2.24) is 9.62 Å². The van der Waals surface area contributed by atoms with Crippen molar-refractivity contribution in [2.24, 2.45) is 29.6 Å². The third kappa shape index (κ3) is 6.73. The van der Waals surface area contributed by atoms with Gasteiger partial charge in [0.25, 0.3) is 5.91 Å². The van der Waals surface area contributed by atoms with Gasteiger partial charge in [0.15, 0.2) is 0 Å². The first-order chi connectivity index (χ1) is 25.0. The van der Waals surface area contributed by atoms with Gasteiger partial charge in [-0.25, -0.2) is 4.21 Å². The lowest BCUT2D eigenvalue weighted by Gasteiger charge is -2.52. The molecular formula is C43H58ClN3O4S. The Balaban J connectivity index is 1.19. The Kier molecular flexibility index (Phi) is 10.0. The van der Waals surface area contributed by atoms with Gasteiger partial charge in [0.05, 0.1) is 22.0 Å². The Hall–Kier alpha value is -2.52. The molecule has 6 aliphatic rings. The summed E-state index contributed by atoms with van der Waals surface area (Å²) in [5, 5.41) is 0.461. The number of fused-ring (bicyclic) bond motifs is 5. The number of carbonyl (C=O) groups excluding carboxylic acids is 1. The number of allylic oxidation sites excluding steroid dienone is 1. The summed E-state index contributed by atoms with van der Waals surface area (Å²) in [5.41, 5.74) is 3.42. The zero-order valence-corrected chi connectivity index (χ0v) is 33.0. The molecule has 1 saturated heterocycles. The van der Waals surface area contributed by atoms with Gasteiger partial charge < -0.3 is 14.4 Å². The van der Waals surface area contributed by atoms with E-state index in [4.69, 9.17) is 21.1 Å². The maximum atomic E-state index is 14.1. The summed E-state index contributed by atoms with van der Waals surface area (Å²) >= 11 is 6.53. The van der Waals surface area contributed by atoms with Crippen LogP contribution in [0.5, 0.6) is 5.75 Å². The normalized spacial score (nSPS) is 38.5. The summed E-state index contributed by atoms with van der Waals surface area (Å²) in [6.07, 6.45) is 16.2. The maximum absolute atomic E-state index is 14.1. The molecule has 282 valence electrons. The largest absolute Gasteiger partial charge is 0.490 e. The molecule has 3 heterocycles. The van der Waals surface area contributed by atoms with Crippen molar-refractivity contribution in [2.45, 2.75) is 94.3 Å². The minimum atomic E-state index is -2.94. The van der Waals surface area contributed by atoms with E-state index >= 15 is 0 Å². The van der Waals surface area contributed by atoms with Crippen molar-refractivity contribution in [3.8, 4) is 5.75 Å². The van der Waals surface area contributed by atoms with Gasteiger partial charge in [0.1, 0.15) is 11.4 Å². The van der Waals surface area contributed by atoms with Gasteiger partial charge in [-0.15, -0.1) is 0 Å². The summed E-state index contributed by atoms with van der Waals surface area (Å²) in [4.78, 5) is 19.0. The van der Waals surface area contributed by atoms with E-state index in [0.717, 1.165) is 93.0 Å². The van der Waals surface area contributed by atoms with E-state index in [1.807, 2.05) is 38.3 Å². The SMILES string of the molecule is C=S1(=O)NC(=O)c2ccc3c(c2)N(C[C@@H]2CC[C@H]2[C@](CN2CCC4CCC[C@H]4C2)(OC)/C=C/C[C@H](C)[C@H]1C)C[C@@]1(CCCc2cc(Cl)ccc21)CO3. The number of rotatable bonds is 3. The summed E-state index contributed by atoms with van der Waals surface area (Å²) in [5.74, 6) is 7.03. The molecule has 9 heteroatoms. The molecule has 9 atom stereocenters. The minimum absolute atomic E-state index is 0.0517. The Morgan fingerprint density at radius 3 is 2.69 bits per heavy atom. The van der Waals surface area contributed by atoms with Crippen LogP contribution in [0.15, 0.2) is 48.6 Å². The molecule has 1 spiro atoms. The highest BCUT2D eigenvalue weighted by atomic mass is 35.5. The molecule has 52 heavy (non-hydrogen) atoms. The fourth-order valence-electron chi connectivity index (χ4n) is 10.9. The van der Waals surface area contributed by atoms with Crippen LogP contribution in [0, 0.1) is 29.6 Å². The van der Waals surface area contributed by atoms with Crippen molar-refractivity contribution in [3.63, 3.8) is 0 Å².